The Kier molecular flexibility index (Phi) is 5.90. The molecule has 2 rings (SSSR count). The third-order valence-corrected chi connectivity index (χ3v) is 4.08. The van der Waals surface area contributed by atoms with Crippen molar-refractivity contribution in [2.75, 3.05) is 6.61 Å². The molecule has 1 heterocycles. The number of hydrogen-bond donors (Lipinski definition) is 1. The van der Waals surface area contributed by atoms with Crippen LogP contribution in [0.25, 0.3) is 10.8 Å². The molecule has 7 heteroatoms. The van der Waals surface area contributed by atoms with Gasteiger partial charge in [-0.15, -0.1) is 0 Å². The zero-order valence-corrected chi connectivity index (χ0v) is 14.9. The standard InChI is InChI=1S/C18H23N3O4/c1-5-21-17(23)14-9-7-6-8-13(14)16(20-21)18(24)25-10-15(22)19-12(4)11(2)3/h6-9,11-12H,5,10H2,1-4H3,(H,19,22)/t12-/m0/s1. The average Bonchev–Trinajstić information content (AvgIpc) is 2.60. The molecule has 0 spiro atoms. The summed E-state index contributed by atoms with van der Waals surface area (Å²) in [6.45, 7) is 7.56. The van der Waals surface area contributed by atoms with Gasteiger partial charge < -0.3 is 10.1 Å². The molecule has 0 aliphatic heterocycles. The second kappa shape index (κ2) is 7.92. The Morgan fingerprint density at radius 3 is 2.44 bits per heavy atom. The molecule has 134 valence electrons. The van der Waals surface area contributed by atoms with E-state index >= 15 is 0 Å². The van der Waals surface area contributed by atoms with Gasteiger partial charge in [0.05, 0.1) is 5.39 Å². The Labute approximate surface area is 146 Å². The monoisotopic (exact) mass is 345 g/mol. The number of aryl methyl sites for hydroxylation is 1. The highest BCUT2D eigenvalue weighted by Crippen LogP contribution is 2.14. The fourth-order valence-electron chi connectivity index (χ4n) is 2.26. The van der Waals surface area contributed by atoms with Gasteiger partial charge in [0.15, 0.2) is 12.3 Å². The second-order valence-electron chi connectivity index (χ2n) is 6.19. The molecule has 1 atom stereocenters. The van der Waals surface area contributed by atoms with Crippen molar-refractivity contribution < 1.29 is 14.3 Å². The molecule has 7 nitrogen and oxygen atoms in total. The van der Waals surface area contributed by atoms with Gasteiger partial charge in [-0.3, -0.25) is 9.59 Å². The number of carbonyl (C=O) groups is 2. The fraction of sp³-hybridized carbons (Fsp3) is 0.444. The first-order valence-electron chi connectivity index (χ1n) is 8.31. The van der Waals surface area contributed by atoms with Crippen molar-refractivity contribution in [3.05, 3.63) is 40.3 Å². The van der Waals surface area contributed by atoms with Crippen LogP contribution in [0.4, 0.5) is 0 Å². The summed E-state index contributed by atoms with van der Waals surface area (Å²) in [5.74, 6) is -0.827. The number of aromatic nitrogens is 2. The Morgan fingerprint density at radius 2 is 1.84 bits per heavy atom. The van der Waals surface area contributed by atoms with Gasteiger partial charge in [0, 0.05) is 18.0 Å². The first-order chi connectivity index (χ1) is 11.8. The summed E-state index contributed by atoms with van der Waals surface area (Å²) in [5.41, 5.74) is -0.236. The van der Waals surface area contributed by atoms with Gasteiger partial charge in [0.2, 0.25) is 0 Å². The average molecular weight is 345 g/mol. The van der Waals surface area contributed by atoms with Crippen LogP contribution in [0.3, 0.4) is 0 Å². The maximum Gasteiger partial charge on any atom is 0.359 e. The third-order valence-electron chi connectivity index (χ3n) is 4.08. The number of benzene rings is 1. The van der Waals surface area contributed by atoms with Gasteiger partial charge in [-0.1, -0.05) is 32.0 Å². The molecular weight excluding hydrogens is 322 g/mol. The minimum Gasteiger partial charge on any atom is -0.451 e. The van der Waals surface area contributed by atoms with E-state index in [1.807, 2.05) is 20.8 Å². The number of nitrogens with one attached hydrogen (secondary N) is 1. The molecule has 1 aromatic carbocycles. The van der Waals surface area contributed by atoms with E-state index in [0.29, 0.717) is 17.3 Å². The quantitative estimate of drug-likeness (QED) is 0.805. The van der Waals surface area contributed by atoms with Crippen LogP contribution in [0.5, 0.6) is 0 Å². The molecule has 2 aromatic rings. The van der Waals surface area contributed by atoms with Crippen molar-refractivity contribution in [2.45, 2.75) is 40.3 Å². The second-order valence-corrected chi connectivity index (χ2v) is 6.19. The van der Waals surface area contributed by atoms with Crippen LogP contribution >= 0.6 is 0 Å². The lowest BCUT2D eigenvalue weighted by atomic mass is 10.1. The maximum absolute atomic E-state index is 12.4. The molecule has 1 aromatic heterocycles. The zero-order valence-electron chi connectivity index (χ0n) is 14.9. The first kappa shape index (κ1) is 18.6. The van der Waals surface area contributed by atoms with Crippen molar-refractivity contribution in [2.24, 2.45) is 5.92 Å². The molecule has 0 fully saturated rings. The number of ether oxygens (including phenoxy) is 1. The van der Waals surface area contributed by atoms with Crippen LogP contribution in [0.2, 0.25) is 0 Å². The number of fused-ring (bicyclic) bond motifs is 1. The highest BCUT2D eigenvalue weighted by atomic mass is 16.5. The van der Waals surface area contributed by atoms with Gasteiger partial charge in [-0.25, -0.2) is 9.48 Å². The van der Waals surface area contributed by atoms with E-state index in [4.69, 9.17) is 4.74 Å². The van der Waals surface area contributed by atoms with Crippen LogP contribution in [-0.2, 0) is 16.1 Å². The van der Waals surface area contributed by atoms with Gasteiger partial charge in [-0.05, 0) is 25.8 Å². The molecule has 25 heavy (non-hydrogen) atoms. The maximum atomic E-state index is 12.4. The van der Waals surface area contributed by atoms with E-state index in [1.165, 1.54) is 4.68 Å². The molecule has 1 N–H and O–H groups in total. The molecule has 0 aliphatic rings. The number of hydrogen-bond acceptors (Lipinski definition) is 5. The van der Waals surface area contributed by atoms with Gasteiger partial charge in [-0.2, -0.15) is 5.10 Å². The van der Waals surface area contributed by atoms with Crippen LogP contribution < -0.4 is 10.9 Å². The highest BCUT2D eigenvalue weighted by Gasteiger charge is 2.19. The molecule has 0 saturated heterocycles. The summed E-state index contributed by atoms with van der Waals surface area (Å²) in [6.07, 6.45) is 0. The van der Waals surface area contributed by atoms with Crippen LogP contribution in [-0.4, -0.2) is 34.3 Å². The largest absolute Gasteiger partial charge is 0.451 e. The number of amides is 1. The van der Waals surface area contributed by atoms with Gasteiger partial charge in [0.25, 0.3) is 11.5 Å². The number of carbonyl (C=O) groups excluding carboxylic acids is 2. The predicted molar refractivity (Wildman–Crippen MR) is 94.4 cm³/mol. The minimum atomic E-state index is -0.731. The Morgan fingerprint density at radius 1 is 1.20 bits per heavy atom. The summed E-state index contributed by atoms with van der Waals surface area (Å²) in [6, 6.07) is 6.69. The molecule has 1 amide bonds. The van der Waals surface area contributed by atoms with Crippen molar-refractivity contribution in [3.63, 3.8) is 0 Å². The van der Waals surface area contributed by atoms with Crippen molar-refractivity contribution in [3.8, 4) is 0 Å². The van der Waals surface area contributed by atoms with Gasteiger partial charge >= 0.3 is 5.97 Å². The molecule has 0 radical (unpaired) electrons. The molecule has 0 bridgehead atoms. The van der Waals surface area contributed by atoms with Gasteiger partial charge in [0.1, 0.15) is 0 Å². The van der Waals surface area contributed by atoms with E-state index in [0.717, 1.165) is 0 Å². The lowest BCUT2D eigenvalue weighted by molar-refractivity contribution is -0.125. The SMILES string of the molecule is CCn1nc(C(=O)OCC(=O)N[C@@H](C)C(C)C)c2ccccc2c1=O. The summed E-state index contributed by atoms with van der Waals surface area (Å²) in [7, 11) is 0. The Hall–Kier alpha value is -2.70. The molecular formula is C18H23N3O4. The molecule has 0 aliphatic carbocycles. The zero-order chi connectivity index (χ0) is 18.6. The minimum absolute atomic E-state index is 0.0212. The number of rotatable bonds is 6. The smallest absolute Gasteiger partial charge is 0.359 e. The summed E-state index contributed by atoms with van der Waals surface area (Å²) >= 11 is 0. The molecule has 0 saturated carbocycles. The third kappa shape index (κ3) is 4.23. The van der Waals surface area contributed by atoms with Crippen LogP contribution in [0.15, 0.2) is 29.1 Å². The van der Waals surface area contributed by atoms with Crippen molar-refractivity contribution >= 4 is 22.6 Å². The highest BCUT2D eigenvalue weighted by molar-refractivity contribution is 6.02. The van der Waals surface area contributed by atoms with E-state index < -0.39 is 12.6 Å². The Balaban J connectivity index is 2.21. The normalized spacial score (nSPS) is 12.2. The summed E-state index contributed by atoms with van der Waals surface area (Å²) < 4.78 is 6.30. The fourth-order valence-corrected chi connectivity index (χ4v) is 2.26. The molecule has 0 unspecified atom stereocenters. The number of esters is 1. The predicted octanol–water partition coefficient (Wildman–Crippen LogP) is 1.73. The lowest BCUT2D eigenvalue weighted by Gasteiger charge is -2.17. The van der Waals surface area contributed by atoms with Crippen LogP contribution in [0.1, 0.15) is 38.2 Å². The van der Waals surface area contributed by atoms with E-state index in [9.17, 15) is 14.4 Å². The van der Waals surface area contributed by atoms with E-state index in [-0.39, 0.29) is 29.1 Å². The first-order valence-corrected chi connectivity index (χ1v) is 8.31. The van der Waals surface area contributed by atoms with Crippen molar-refractivity contribution in [1.29, 1.82) is 0 Å². The van der Waals surface area contributed by atoms with E-state index in [2.05, 4.69) is 10.4 Å². The van der Waals surface area contributed by atoms with Crippen molar-refractivity contribution in [1.82, 2.24) is 15.1 Å². The topological polar surface area (TPSA) is 90.3 Å². The van der Waals surface area contributed by atoms with Crippen LogP contribution in [0, 0.1) is 5.92 Å². The summed E-state index contributed by atoms with van der Waals surface area (Å²) in [4.78, 5) is 36.5. The lowest BCUT2D eigenvalue weighted by Crippen LogP contribution is -2.38. The van der Waals surface area contributed by atoms with E-state index in [1.54, 1.807) is 31.2 Å². The Bertz CT molecular complexity index is 842. The summed E-state index contributed by atoms with van der Waals surface area (Å²) in [5, 5.41) is 7.65. The number of nitrogens with zero attached hydrogens (tertiary/aromatic N) is 2.